The molecule has 1 aliphatic heterocycles. The van der Waals surface area contributed by atoms with Crippen molar-refractivity contribution in [2.24, 2.45) is 0 Å². The highest BCUT2D eigenvalue weighted by molar-refractivity contribution is 5.89. The lowest BCUT2D eigenvalue weighted by Crippen LogP contribution is -2.42. The summed E-state index contributed by atoms with van der Waals surface area (Å²) in [6.45, 7) is 4.66. The van der Waals surface area contributed by atoms with Crippen molar-refractivity contribution >= 4 is 5.97 Å². The Bertz CT molecular complexity index is 383. The van der Waals surface area contributed by atoms with Gasteiger partial charge in [-0.05, 0) is 31.0 Å². The van der Waals surface area contributed by atoms with Crippen LogP contribution in [-0.2, 0) is 15.9 Å². The summed E-state index contributed by atoms with van der Waals surface area (Å²) in [6.07, 6.45) is 0.920. The van der Waals surface area contributed by atoms with Gasteiger partial charge in [-0.15, -0.1) is 0 Å². The number of nitrogens with one attached hydrogen (secondary N) is 1. The summed E-state index contributed by atoms with van der Waals surface area (Å²) < 4.78 is 10.4. The first kappa shape index (κ1) is 13.1. The Kier molecular flexibility index (Phi) is 4.73. The van der Waals surface area contributed by atoms with Crippen LogP contribution in [-0.4, -0.2) is 38.4 Å². The zero-order valence-corrected chi connectivity index (χ0v) is 10.6. The minimum atomic E-state index is -0.261. The van der Waals surface area contributed by atoms with Gasteiger partial charge >= 0.3 is 5.97 Å². The van der Waals surface area contributed by atoms with Gasteiger partial charge in [0.2, 0.25) is 0 Å². The number of morpholine rings is 1. The maximum atomic E-state index is 11.5. The van der Waals surface area contributed by atoms with E-state index in [2.05, 4.69) is 5.32 Å². The predicted octanol–water partition coefficient (Wildman–Crippen LogP) is 1.39. The van der Waals surface area contributed by atoms with E-state index in [0.29, 0.717) is 18.2 Å². The highest BCUT2D eigenvalue weighted by Crippen LogP contribution is 2.09. The van der Waals surface area contributed by atoms with Gasteiger partial charge in [0.05, 0.1) is 25.4 Å². The molecule has 4 heteroatoms. The predicted molar refractivity (Wildman–Crippen MR) is 68.7 cm³/mol. The number of hydrogen-bond acceptors (Lipinski definition) is 4. The SMILES string of the molecule is CCOC(=O)c1ccc(CC2COCCN2)cc1. The normalized spacial score (nSPS) is 19.5. The average molecular weight is 249 g/mol. The highest BCUT2D eigenvalue weighted by Gasteiger charge is 2.13. The van der Waals surface area contributed by atoms with Gasteiger partial charge in [0, 0.05) is 12.6 Å². The summed E-state index contributed by atoms with van der Waals surface area (Å²) in [5.74, 6) is -0.261. The molecule has 1 unspecified atom stereocenters. The van der Waals surface area contributed by atoms with Gasteiger partial charge in [-0.3, -0.25) is 0 Å². The largest absolute Gasteiger partial charge is 0.462 e. The van der Waals surface area contributed by atoms with Gasteiger partial charge in [-0.1, -0.05) is 12.1 Å². The lowest BCUT2D eigenvalue weighted by Gasteiger charge is -2.23. The first-order valence-electron chi connectivity index (χ1n) is 6.37. The Hall–Kier alpha value is -1.39. The topological polar surface area (TPSA) is 47.6 Å². The van der Waals surface area contributed by atoms with Gasteiger partial charge < -0.3 is 14.8 Å². The fourth-order valence-electron chi connectivity index (χ4n) is 2.03. The summed E-state index contributed by atoms with van der Waals surface area (Å²) in [5.41, 5.74) is 1.81. The standard InChI is InChI=1S/C14H19NO3/c1-2-18-14(16)12-5-3-11(4-6-12)9-13-10-17-8-7-15-13/h3-6,13,15H,2,7-10H2,1H3. The van der Waals surface area contributed by atoms with Crippen LogP contribution in [0.4, 0.5) is 0 Å². The molecule has 1 saturated heterocycles. The Morgan fingerprint density at radius 3 is 2.83 bits per heavy atom. The van der Waals surface area contributed by atoms with Gasteiger partial charge in [0.25, 0.3) is 0 Å². The third-order valence-electron chi connectivity index (χ3n) is 2.95. The lowest BCUT2D eigenvalue weighted by atomic mass is 10.0. The molecule has 0 aliphatic carbocycles. The number of hydrogen-bond donors (Lipinski definition) is 1. The van der Waals surface area contributed by atoms with Gasteiger partial charge in [-0.25, -0.2) is 4.79 Å². The highest BCUT2D eigenvalue weighted by atomic mass is 16.5. The second-order valence-electron chi connectivity index (χ2n) is 4.35. The molecule has 1 fully saturated rings. The molecule has 0 radical (unpaired) electrons. The van der Waals surface area contributed by atoms with Crippen LogP contribution in [0.3, 0.4) is 0 Å². The van der Waals surface area contributed by atoms with Crippen LogP contribution >= 0.6 is 0 Å². The van der Waals surface area contributed by atoms with E-state index < -0.39 is 0 Å². The lowest BCUT2D eigenvalue weighted by molar-refractivity contribution is 0.0526. The van der Waals surface area contributed by atoms with Crippen LogP contribution in [0, 0.1) is 0 Å². The van der Waals surface area contributed by atoms with Crippen LogP contribution in [0.2, 0.25) is 0 Å². The van der Waals surface area contributed by atoms with E-state index in [0.717, 1.165) is 26.2 Å². The van der Waals surface area contributed by atoms with Crippen molar-refractivity contribution in [1.29, 1.82) is 0 Å². The third kappa shape index (κ3) is 3.55. The molecule has 1 N–H and O–H groups in total. The molecule has 1 aromatic carbocycles. The summed E-state index contributed by atoms with van der Waals surface area (Å²) in [7, 11) is 0. The fourth-order valence-corrected chi connectivity index (χ4v) is 2.03. The van der Waals surface area contributed by atoms with Crippen molar-refractivity contribution in [3.8, 4) is 0 Å². The summed E-state index contributed by atoms with van der Waals surface area (Å²) in [4.78, 5) is 11.5. The second kappa shape index (κ2) is 6.52. The van der Waals surface area contributed by atoms with Crippen molar-refractivity contribution in [2.45, 2.75) is 19.4 Å². The maximum absolute atomic E-state index is 11.5. The Morgan fingerprint density at radius 1 is 1.44 bits per heavy atom. The number of benzene rings is 1. The Morgan fingerprint density at radius 2 is 2.22 bits per heavy atom. The molecule has 0 spiro atoms. The molecule has 0 amide bonds. The first-order valence-corrected chi connectivity index (χ1v) is 6.37. The van der Waals surface area contributed by atoms with E-state index in [1.165, 1.54) is 5.56 Å². The minimum absolute atomic E-state index is 0.261. The van der Waals surface area contributed by atoms with Gasteiger partial charge in [-0.2, -0.15) is 0 Å². The molecule has 1 aliphatic rings. The van der Waals surface area contributed by atoms with Gasteiger partial charge in [0.1, 0.15) is 0 Å². The van der Waals surface area contributed by atoms with Crippen molar-refractivity contribution in [2.75, 3.05) is 26.4 Å². The quantitative estimate of drug-likeness (QED) is 0.819. The molecule has 0 aromatic heterocycles. The smallest absolute Gasteiger partial charge is 0.338 e. The molecule has 2 rings (SSSR count). The zero-order chi connectivity index (χ0) is 12.8. The second-order valence-corrected chi connectivity index (χ2v) is 4.35. The first-order chi connectivity index (χ1) is 8.79. The molecule has 4 nitrogen and oxygen atoms in total. The molecule has 1 heterocycles. The zero-order valence-electron chi connectivity index (χ0n) is 10.6. The van der Waals surface area contributed by atoms with E-state index >= 15 is 0 Å². The fraction of sp³-hybridized carbons (Fsp3) is 0.500. The van der Waals surface area contributed by atoms with Crippen molar-refractivity contribution in [1.82, 2.24) is 5.32 Å². The summed E-state index contributed by atoms with van der Waals surface area (Å²) >= 11 is 0. The van der Waals surface area contributed by atoms with E-state index in [1.807, 2.05) is 24.3 Å². The molecule has 0 saturated carbocycles. The number of rotatable bonds is 4. The molecular formula is C14H19NO3. The maximum Gasteiger partial charge on any atom is 0.338 e. The molecule has 18 heavy (non-hydrogen) atoms. The number of carbonyl (C=O) groups is 1. The average Bonchev–Trinajstić information content (AvgIpc) is 2.41. The van der Waals surface area contributed by atoms with Crippen LogP contribution in [0.1, 0.15) is 22.8 Å². The van der Waals surface area contributed by atoms with Crippen molar-refractivity contribution < 1.29 is 14.3 Å². The summed E-state index contributed by atoms with van der Waals surface area (Å²) in [6, 6.07) is 7.95. The van der Waals surface area contributed by atoms with Crippen LogP contribution < -0.4 is 5.32 Å². The molecule has 1 aromatic rings. The van der Waals surface area contributed by atoms with Crippen LogP contribution in [0.5, 0.6) is 0 Å². The monoisotopic (exact) mass is 249 g/mol. The summed E-state index contributed by atoms with van der Waals surface area (Å²) in [5, 5.41) is 3.41. The minimum Gasteiger partial charge on any atom is -0.462 e. The molecular weight excluding hydrogens is 230 g/mol. The molecule has 0 bridgehead atoms. The van der Waals surface area contributed by atoms with E-state index in [4.69, 9.17) is 9.47 Å². The van der Waals surface area contributed by atoms with Crippen LogP contribution in [0.15, 0.2) is 24.3 Å². The van der Waals surface area contributed by atoms with E-state index in [9.17, 15) is 4.79 Å². The third-order valence-corrected chi connectivity index (χ3v) is 2.95. The van der Waals surface area contributed by atoms with E-state index in [-0.39, 0.29) is 5.97 Å². The van der Waals surface area contributed by atoms with E-state index in [1.54, 1.807) is 6.92 Å². The number of carbonyl (C=O) groups excluding carboxylic acids is 1. The number of ether oxygens (including phenoxy) is 2. The Balaban J connectivity index is 1.92. The molecule has 98 valence electrons. The Labute approximate surface area is 107 Å². The molecule has 1 atom stereocenters. The van der Waals surface area contributed by atoms with Crippen molar-refractivity contribution in [3.63, 3.8) is 0 Å². The van der Waals surface area contributed by atoms with Crippen LogP contribution in [0.25, 0.3) is 0 Å². The number of esters is 1. The van der Waals surface area contributed by atoms with Gasteiger partial charge in [0.15, 0.2) is 0 Å². The van der Waals surface area contributed by atoms with Crippen molar-refractivity contribution in [3.05, 3.63) is 35.4 Å².